The van der Waals surface area contributed by atoms with E-state index < -0.39 is 11.9 Å². The molecule has 4 aromatic rings. The van der Waals surface area contributed by atoms with E-state index in [0.717, 1.165) is 0 Å². The van der Waals surface area contributed by atoms with Gasteiger partial charge in [-0.25, -0.2) is 0 Å². The quantitative estimate of drug-likeness (QED) is 0.224. The second-order valence-electron chi connectivity index (χ2n) is 8.62. The Balaban J connectivity index is 1.49. The molecule has 3 aromatic carbocycles. The van der Waals surface area contributed by atoms with E-state index in [-0.39, 0.29) is 40.5 Å². The fourth-order valence-corrected chi connectivity index (χ4v) is 4.87. The molecular weight excluding hydrogens is 476 g/mol. The number of ether oxygens (including phenoxy) is 4. The number of methoxy groups -OCH3 is 2. The van der Waals surface area contributed by atoms with Gasteiger partial charge in [-0.3, -0.25) is 14.4 Å². The highest BCUT2D eigenvalue weighted by molar-refractivity contribution is 6.15. The van der Waals surface area contributed by atoms with Gasteiger partial charge < -0.3 is 23.4 Å². The maximum Gasteiger partial charge on any atom is 0.312 e. The molecule has 3 heterocycles. The molecule has 6 rings (SSSR count). The van der Waals surface area contributed by atoms with Crippen LogP contribution in [-0.4, -0.2) is 26.0 Å². The molecule has 0 saturated heterocycles. The minimum atomic E-state index is -0.717. The highest BCUT2D eigenvalue weighted by atomic mass is 16.5. The predicted molar refractivity (Wildman–Crippen MR) is 134 cm³/mol. The third-order valence-electron chi connectivity index (χ3n) is 6.58. The van der Waals surface area contributed by atoms with Crippen LogP contribution in [0.4, 0.5) is 0 Å². The molecule has 0 aliphatic carbocycles. The zero-order chi connectivity index (χ0) is 25.7. The lowest BCUT2D eigenvalue weighted by molar-refractivity contribution is -0.135. The Hall–Kier alpha value is -4.85. The van der Waals surface area contributed by atoms with Gasteiger partial charge in [-0.15, -0.1) is 0 Å². The van der Waals surface area contributed by atoms with Crippen LogP contribution in [0.5, 0.6) is 23.0 Å². The van der Waals surface area contributed by atoms with Gasteiger partial charge in [0.1, 0.15) is 17.1 Å². The summed E-state index contributed by atoms with van der Waals surface area (Å²) in [5.41, 5.74) is 1.82. The Morgan fingerprint density at radius 3 is 2.57 bits per heavy atom. The first kappa shape index (κ1) is 22.6. The van der Waals surface area contributed by atoms with Crippen molar-refractivity contribution in [2.75, 3.05) is 14.2 Å². The molecule has 1 aromatic heterocycles. The Morgan fingerprint density at radius 2 is 1.76 bits per heavy atom. The molecule has 0 spiro atoms. The van der Waals surface area contributed by atoms with Crippen LogP contribution in [-0.2, 0) is 4.79 Å². The van der Waals surface area contributed by atoms with Gasteiger partial charge in [0.05, 0.1) is 37.9 Å². The molecular formula is C29H20O8. The van der Waals surface area contributed by atoms with Crippen molar-refractivity contribution < 1.29 is 33.0 Å². The molecule has 0 N–H and O–H groups in total. The van der Waals surface area contributed by atoms with E-state index in [2.05, 4.69) is 0 Å². The summed E-state index contributed by atoms with van der Waals surface area (Å²) in [5.74, 6) is -0.0438. The molecule has 0 bridgehead atoms. The van der Waals surface area contributed by atoms with E-state index in [1.54, 1.807) is 60.7 Å². The first-order valence-corrected chi connectivity index (χ1v) is 11.5. The number of hydrogen-bond acceptors (Lipinski definition) is 8. The molecule has 0 fully saturated rings. The third-order valence-corrected chi connectivity index (χ3v) is 6.58. The van der Waals surface area contributed by atoms with Crippen molar-refractivity contribution in [3.8, 4) is 23.0 Å². The van der Waals surface area contributed by atoms with Crippen LogP contribution in [0.25, 0.3) is 17.0 Å². The lowest BCUT2D eigenvalue weighted by Crippen LogP contribution is -2.25. The fraction of sp³-hybridized carbons (Fsp3) is 0.138. The summed E-state index contributed by atoms with van der Waals surface area (Å²) < 4.78 is 28.1. The topological polar surface area (TPSA) is 101 Å². The Morgan fingerprint density at radius 1 is 0.919 bits per heavy atom. The molecule has 2 aliphatic rings. The normalized spacial score (nSPS) is 17.2. The van der Waals surface area contributed by atoms with Crippen molar-refractivity contribution in [2.24, 2.45) is 0 Å². The lowest BCUT2D eigenvalue weighted by atomic mass is 9.85. The summed E-state index contributed by atoms with van der Waals surface area (Å²) in [5, 5.41) is 0.399. The summed E-state index contributed by atoms with van der Waals surface area (Å²) in [6.45, 7) is 0. The average molecular weight is 496 g/mol. The summed E-state index contributed by atoms with van der Waals surface area (Å²) in [6, 6.07) is 15.3. The molecule has 8 nitrogen and oxygen atoms in total. The molecule has 0 saturated carbocycles. The SMILES string of the molecule is COc1cccc(/C=C2\Oc3c(ccc4c3[C@@H](c3coc5ccccc5c3=O)CC(=O)O4)C2=O)c1OC. The Bertz CT molecular complexity index is 1690. The molecule has 1 atom stereocenters. The first-order chi connectivity index (χ1) is 18.0. The van der Waals surface area contributed by atoms with E-state index in [4.69, 9.17) is 23.4 Å². The number of esters is 1. The smallest absolute Gasteiger partial charge is 0.312 e. The number of benzene rings is 3. The van der Waals surface area contributed by atoms with Gasteiger partial charge in [-0.05, 0) is 36.4 Å². The van der Waals surface area contributed by atoms with Crippen LogP contribution in [0.15, 0.2) is 75.8 Å². The van der Waals surface area contributed by atoms with Crippen molar-refractivity contribution in [3.63, 3.8) is 0 Å². The number of rotatable bonds is 4. The maximum atomic E-state index is 13.4. The van der Waals surface area contributed by atoms with Gasteiger partial charge in [-0.1, -0.05) is 24.3 Å². The number of Topliss-reactive ketones (excluding diaryl/α,β-unsaturated/α-hetero) is 1. The van der Waals surface area contributed by atoms with Crippen molar-refractivity contribution in [3.05, 3.63) is 99.1 Å². The summed E-state index contributed by atoms with van der Waals surface area (Å²) in [7, 11) is 3.04. The van der Waals surface area contributed by atoms with E-state index >= 15 is 0 Å². The number of allylic oxidation sites excluding steroid dienone is 1. The van der Waals surface area contributed by atoms with Crippen molar-refractivity contribution in [2.45, 2.75) is 12.3 Å². The molecule has 0 unspecified atom stereocenters. The molecule has 0 radical (unpaired) electrons. The standard InChI is InChI=1S/C29H20O8/c1-33-22-9-5-6-15(28(22)34-2)12-23-27(32)17-10-11-21-25(29(17)37-23)18(13-24(30)36-21)19-14-35-20-8-4-3-7-16(20)26(19)31/h3-12,14,18H,13H2,1-2H3/b23-12-/t18-/m1/s1. The van der Waals surface area contributed by atoms with E-state index in [0.29, 0.717) is 39.2 Å². The van der Waals surface area contributed by atoms with Gasteiger partial charge in [0, 0.05) is 22.6 Å². The van der Waals surface area contributed by atoms with E-state index in [1.165, 1.54) is 20.5 Å². The number of hydrogen-bond donors (Lipinski definition) is 0. The first-order valence-electron chi connectivity index (χ1n) is 11.5. The summed E-state index contributed by atoms with van der Waals surface area (Å²) in [6.07, 6.45) is 2.84. The van der Waals surface area contributed by atoms with Crippen LogP contribution < -0.4 is 24.4 Å². The van der Waals surface area contributed by atoms with Gasteiger partial charge in [0.25, 0.3) is 0 Å². The van der Waals surface area contributed by atoms with Crippen LogP contribution in [0.2, 0.25) is 0 Å². The van der Waals surface area contributed by atoms with E-state index in [9.17, 15) is 14.4 Å². The second kappa shape index (κ2) is 8.67. The molecule has 2 aliphatic heterocycles. The minimum absolute atomic E-state index is 0.0659. The number of carbonyl (C=O) groups excluding carboxylic acids is 2. The lowest BCUT2D eigenvalue weighted by Gasteiger charge is -2.25. The molecule has 8 heteroatoms. The highest BCUT2D eigenvalue weighted by Gasteiger charge is 2.39. The maximum absolute atomic E-state index is 13.4. The van der Waals surface area contributed by atoms with Crippen LogP contribution in [0.1, 0.15) is 39.4 Å². The monoisotopic (exact) mass is 496 g/mol. The molecule has 37 heavy (non-hydrogen) atoms. The molecule has 0 amide bonds. The Labute approximate surface area is 210 Å². The minimum Gasteiger partial charge on any atom is -0.493 e. The van der Waals surface area contributed by atoms with Gasteiger partial charge in [-0.2, -0.15) is 0 Å². The van der Waals surface area contributed by atoms with Crippen LogP contribution in [0, 0.1) is 0 Å². The van der Waals surface area contributed by atoms with Crippen molar-refractivity contribution >= 4 is 28.8 Å². The van der Waals surface area contributed by atoms with E-state index in [1.807, 2.05) is 0 Å². The summed E-state index contributed by atoms with van der Waals surface area (Å²) in [4.78, 5) is 39.2. The van der Waals surface area contributed by atoms with Gasteiger partial charge in [0.15, 0.2) is 22.7 Å². The summed E-state index contributed by atoms with van der Waals surface area (Å²) >= 11 is 0. The average Bonchev–Trinajstić information content (AvgIpc) is 3.23. The fourth-order valence-electron chi connectivity index (χ4n) is 4.87. The second-order valence-corrected chi connectivity index (χ2v) is 8.62. The van der Waals surface area contributed by atoms with Gasteiger partial charge in [0.2, 0.25) is 5.78 Å². The zero-order valence-corrected chi connectivity index (χ0v) is 19.9. The number of para-hydroxylation sites is 2. The largest absolute Gasteiger partial charge is 0.493 e. The Kier molecular flexibility index (Phi) is 5.30. The van der Waals surface area contributed by atoms with Gasteiger partial charge >= 0.3 is 5.97 Å². The predicted octanol–water partition coefficient (Wildman–Crippen LogP) is 4.87. The highest BCUT2D eigenvalue weighted by Crippen LogP contribution is 2.49. The number of fused-ring (bicyclic) bond motifs is 4. The zero-order valence-electron chi connectivity index (χ0n) is 19.9. The van der Waals surface area contributed by atoms with Crippen molar-refractivity contribution in [1.29, 1.82) is 0 Å². The van der Waals surface area contributed by atoms with Crippen LogP contribution >= 0.6 is 0 Å². The van der Waals surface area contributed by atoms with Crippen LogP contribution in [0.3, 0.4) is 0 Å². The molecule has 184 valence electrons. The number of ketones is 1. The third kappa shape index (κ3) is 3.57. The van der Waals surface area contributed by atoms with Crippen molar-refractivity contribution in [1.82, 2.24) is 0 Å². The number of carbonyl (C=O) groups is 2.